The molecule has 1 amide bonds. The molecule has 92 valence electrons. The van der Waals surface area contributed by atoms with Crippen LogP contribution < -0.4 is 5.32 Å². The third-order valence-electron chi connectivity index (χ3n) is 2.02. The van der Waals surface area contributed by atoms with E-state index in [1.54, 1.807) is 6.08 Å². The molecule has 0 aliphatic rings. The highest BCUT2D eigenvalue weighted by atomic mass is 19.2. The smallest absolute Gasteiger partial charge is 0.216 e. The van der Waals surface area contributed by atoms with Crippen molar-refractivity contribution in [1.29, 1.82) is 0 Å². The van der Waals surface area contributed by atoms with E-state index >= 15 is 0 Å². The molecule has 0 aliphatic carbocycles. The maximum atomic E-state index is 13.1. The zero-order chi connectivity index (χ0) is 12.8. The Morgan fingerprint density at radius 1 is 1.24 bits per heavy atom. The van der Waals surface area contributed by atoms with E-state index in [1.807, 2.05) is 0 Å². The van der Waals surface area contributed by atoms with Gasteiger partial charge < -0.3 is 5.32 Å². The Morgan fingerprint density at radius 3 is 2.53 bits per heavy atom. The Hall–Kier alpha value is -1.78. The second kappa shape index (κ2) is 6.08. The van der Waals surface area contributed by atoms with Crippen molar-refractivity contribution in [2.45, 2.75) is 13.3 Å². The molecule has 1 aromatic carbocycles. The van der Waals surface area contributed by atoms with Crippen LogP contribution in [0.1, 0.15) is 18.9 Å². The zero-order valence-corrected chi connectivity index (χ0v) is 9.27. The van der Waals surface area contributed by atoms with Crippen molar-refractivity contribution in [2.24, 2.45) is 0 Å². The van der Waals surface area contributed by atoms with Crippen LogP contribution in [0.4, 0.5) is 13.2 Å². The average molecular weight is 243 g/mol. The molecule has 0 unspecified atom stereocenters. The van der Waals surface area contributed by atoms with E-state index in [0.29, 0.717) is 19.0 Å². The monoisotopic (exact) mass is 243 g/mol. The summed E-state index contributed by atoms with van der Waals surface area (Å²) in [6.07, 6.45) is 3.41. The highest BCUT2D eigenvalue weighted by Gasteiger charge is 2.06. The summed E-state index contributed by atoms with van der Waals surface area (Å²) in [5.74, 6) is -3.28. The lowest BCUT2D eigenvalue weighted by molar-refractivity contribution is -0.118. The summed E-state index contributed by atoms with van der Waals surface area (Å²) in [4.78, 5) is 10.5. The summed E-state index contributed by atoms with van der Waals surface area (Å²) in [7, 11) is 0. The van der Waals surface area contributed by atoms with Crippen molar-refractivity contribution in [3.8, 4) is 0 Å². The van der Waals surface area contributed by atoms with Crippen molar-refractivity contribution >= 4 is 12.0 Å². The maximum Gasteiger partial charge on any atom is 0.216 e. The van der Waals surface area contributed by atoms with Crippen LogP contribution in [0, 0.1) is 17.5 Å². The lowest BCUT2D eigenvalue weighted by Gasteiger charge is -1.99. The Kier molecular flexibility index (Phi) is 4.75. The first-order valence-corrected chi connectivity index (χ1v) is 5.06. The molecule has 0 saturated carbocycles. The Morgan fingerprint density at radius 2 is 1.88 bits per heavy atom. The molecular weight excluding hydrogens is 231 g/mol. The molecule has 0 bridgehead atoms. The van der Waals surface area contributed by atoms with Gasteiger partial charge in [-0.2, -0.15) is 0 Å². The van der Waals surface area contributed by atoms with Gasteiger partial charge in [0, 0.05) is 25.1 Å². The van der Waals surface area contributed by atoms with Gasteiger partial charge >= 0.3 is 0 Å². The van der Waals surface area contributed by atoms with Gasteiger partial charge in [-0.05, 0) is 12.5 Å². The van der Waals surface area contributed by atoms with Crippen LogP contribution >= 0.6 is 0 Å². The summed E-state index contributed by atoms with van der Waals surface area (Å²) in [5.41, 5.74) is -0.0216. The fraction of sp³-hybridized carbons (Fsp3) is 0.250. The molecule has 1 rings (SSSR count). The highest BCUT2D eigenvalue weighted by Crippen LogP contribution is 2.15. The number of carbonyl (C=O) groups excluding carboxylic acids is 1. The second-order valence-electron chi connectivity index (χ2n) is 3.46. The molecule has 0 saturated heterocycles. The van der Waals surface area contributed by atoms with E-state index in [0.717, 1.165) is 6.07 Å². The molecule has 0 fully saturated rings. The lowest BCUT2D eigenvalue weighted by atomic mass is 10.1. The third kappa shape index (κ3) is 4.30. The normalized spacial score (nSPS) is 10.8. The van der Waals surface area contributed by atoms with Crippen LogP contribution in [0.2, 0.25) is 0 Å². The zero-order valence-electron chi connectivity index (χ0n) is 9.27. The maximum absolute atomic E-state index is 13.1. The minimum atomic E-state index is -1.21. The predicted molar refractivity (Wildman–Crippen MR) is 58.7 cm³/mol. The lowest BCUT2D eigenvalue weighted by Crippen LogP contribution is -2.20. The minimum absolute atomic E-state index is 0.0216. The average Bonchev–Trinajstić information content (AvgIpc) is 2.24. The Bertz CT molecular complexity index is 444. The van der Waals surface area contributed by atoms with E-state index in [-0.39, 0.29) is 11.5 Å². The molecule has 17 heavy (non-hydrogen) atoms. The van der Waals surface area contributed by atoms with Gasteiger partial charge in [0.2, 0.25) is 5.91 Å². The van der Waals surface area contributed by atoms with Crippen LogP contribution in [-0.4, -0.2) is 12.5 Å². The summed E-state index contributed by atoms with van der Waals surface area (Å²) < 4.78 is 38.6. The standard InChI is InChI=1S/C12H12F3NO/c1-8(17)16-5-3-2-4-9-6-11(14)12(15)7-10(9)13/h2,4,6-7H,3,5H2,1H3,(H,16,17). The van der Waals surface area contributed by atoms with Gasteiger partial charge in [0.25, 0.3) is 0 Å². The molecule has 2 nitrogen and oxygen atoms in total. The van der Waals surface area contributed by atoms with Crippen LogP contribution in [-0.2, 0) is 4.79 Å². The van der Waals surface area contributed by atoms with Gasteiger partial charge in [0.05, 0.1) is 0 Å². The first kappa shape index (κ1) is 13.3. The van der Waals surface area contributed by atoms with E-state index in [4.69, 9.17) is 0 Å². The van der Waals surface area contributed by atoms with Crippen molar-refractivity contribution in [1.82, 2.24) is 5.32 Å². The molecule has 0 aromatic heterocycles. The number of halogens is 3. The molecule has 0 aliphatic heterocycles. The summed E-state index contributed by atoms with van der Waals surface area (Å²) in [6, 6.07) is 1.29. The number of carbonyl (C=O) groups is 1. The SMILES string of the molecule is CC(=O)NCCC=Cc1cc(F)c(F)cc1F. The molecule has 1 N–H and O–H groups in total. The number of hydrogen-bond acceptors (Lipinski definition) is 1. The number of nitrogens with one attached hydrogen (secondary N) is 1. The number of rotatable bonds is 4. The van der Waals surface area contributed by atoms with Crippen LogP contribution in [0.3, 0.4) is 0 Å². The van der Waals surface area contributed by atoms with Crippen molar-refractivity contribution < 1.29 is 18.0 Å². The molecule has 5 heteroatoms. The fourth-order valence-corrected chi connectivity index (χ4v) is 1.21. The van der Waals surface area contributed by atoms with Crippen LogP contribution in [0.25, 0.3) is 6.08 Å². The predicted octanol–water partition coefficient (Wildman–Crippen LogP) is 2.64. The van der Waals surface area contributed by atoms with Crippen LogP contribution in [0.15, 0.2) is 18.2 Å². The Balaban J connectivity index is 2.59. The summed E-state index contributed by atoms with van der Waals surface area (Å²) >= 11 is 0. The molecule has 0 radical (unpaired) electrons. The van der Waals surface area contributed by atoms with E-state index in [2.05, 4.69) is 5.32 Å². The molecular formula is C12H12F3NO. The molecule has 0 spiro atoms. The van der Waals surface area contributed by atoms with Crippen LogP contribution in [0.5, 0.6) is 0 Å². The van der Waals surface area contributed by atoms with Gasteiger partial charge in [-0.25, -0.2) is 13.2 Å². The van der Waals surface area contributed by atoms with E-state index < -0.39 is 17.5 Å². The minimum Gasteiger partial charge on any atom is -0.356 e. The third-order valence-corrected chi connectivity index (χ3v) is 2.02. The largest absolute Gasteiger partial charge is 0.356 e. The molecule has 0 atom stereocenters. The van der Waals surface area contributed by atoms with Gasteiger partial charge in [-0.15, -0.1) is 0 Å². The number of benzene rings is 1. The Labute approximate surface area is 97.1 Å². The van der Waals surface area contributed by atoms with Gasteiger partial charge in [-0.3, -0.25) is 4.79 Å². The van der Waals surface area contributed by atoms with E-state index in [1.165, 1.54) is 13.0 Å². The highest BCUT2D eigenvalue weighted by molar-refractivity contribution is 5.72. The molecule has 1 aromatic rings. The van der Waals surface area contributed by atoms with Gasteiger partial charge in [0.1, 0.15) is 5.82 Å². The topological polar surface area (TPSA) is 29.1 Å². The summed E-state index contributed by atoms with van der Waals surface area (Å²) in [5, 5.41) is 2.55. The second-order valence-corrected chi connectivity index (χ2v) is 3.46. The van der Waals surface area contributed by atoms with Crippen molar-refractivity contribution in [3.63, 3.8) is 0 Å². The number of hydrogen-bond donors (Lipinski definition) is 1. The first-order valence-electron chi connectivity index (χ1n) is 5.06. The quantitative estimate of drug-likeness (QED) is 0.639. The van der Waals surface area contributed by atoms with Crippen molar-refractivity contribution in [3.05, 3.63) is 41.2 Å². The summed E-state index contributed by atoms with van der Waals surface area (Å²) in [6.45, 7) is 1.80. The van der Waals surface area contributed by atoms with E-state index in [9.17, 15) is 18.0 Å². The molecule has 0 heterocycles. The van der Waals surface area contributed by atoms with Gasteiger partial charge in [0.15, 0.2) is 11.6 Å². The first-order chi connectivity index (χ1) is 8.00. The van der Waals surface area contributed by atoms with Gasteiger partial charge in [-0.1, -0.05) is 12.2 Å². The van der Waals surface area contributed by atoms with Crippen molar-refractivity contribution in [2.75, 3.05) is 6.54 Å². The number of amides is 1. The fourth-order valence-electron chi connectivity index (χ4n) is 1.21.